The molecule has 0 unspecified atom stereocenters. The van der Waals surface area contributed by atoms with E-state index in [1.165, 1.54) is 6.92 Å². The second kappa shape index (κ2) is 9.30. The maximum Gasteiger partial charge on any atom is 0.221 e. The Morgan fingerprint density at radius 1 is 1.26 bits per heavy atom. The Labute approximate surface area is 138 Å². The zero-order valence-electron chi connectivity index (χ0n) is 14.3. The molecular weight excluding hydrogens is 292 g/mol. The number of aliphatic hydroxyl groups is 1. The highest BCUT2D eigenvalue weighted by Gasteiger charge is 2.20. The van der Waals surface area contributed by atoms with Gasteiger partial charge in [0, 0.05) is 33.0 Å². The number of carbonyl (C=O) groups is 2. The van der Waals surface area contributed by atoms with Crippen LogP contribution < -0.4 is 5.32 Å². The Bertz CT molecular complexity index is 500. The van der Waals surface area contributed by atoms with Gasteiger partial charge >= 0.3 is 0 Å². The van der Waals surface area contributed by atoms with Crippen LogP contribution in [0.4, 0.5) is 0 Å². The van der Waals surface area contributed by atoms with E-state index in [1.807, 2.05) is 37.3 Å². The summed E-state index contributed by atoms with van der Waals surface area (Å²) in [5.41, 5.74) is 0.156. The third-order valence-electron chi connectivity index (χ3n) is 3.73. The lowest BCUT2D eigenvalue weighted by Crippen LogP contribution is -2.41. The van der Waals surface area contributed by atoms with Crippen molar-refractivity contribution in [1.82, 2.24) is 10.2 Å². The van der Waals surface area contributed by atoms with E-state index in [0.29, 0.717) is 19.5 Å². The van der Waals surface area contributed by atoms with Crippen LogP contribution in [-0.2, 0) is 16.1 Å². The van der Waals surface area contributed by atoms with E-state index in [9.17, 15) is 14.7 Å². The van der Waals surface area contributed by atoms with E-state index < -0.39 is 5.60 Å². The van der Waals surface area contributed by atoms with Gasteiger partial charge in [-0.1, -0.05) is 43.7 Å². The molecule has 2 amide bonds. The maximum atomic E-state index is 11.9. The first-order valence-corrected chi connectivity index (χ1v) is 8.12. The monoisotopic (exact) mass is 320 g/mol. The Kier molecular flexibility index (Phi) is 7.75. The SMILES string of the molecule is CCC[C@](C)(O)CNC(=O)CCN(Cc1ccccc1)C(C)=O. The van der Waals surface area contributed by atoms with Crippen LogP contribution in [0.2, 0.25) is 0 Å². The van der Waals surface area contributed by atoms with Crippen molar-refractivity contribution >= 4 is 11.8 Å². The van der Waals surface area contributed by atoms with Gasteiger partial charge in [0.2, 0.25) is 11.8 Å². The minimum Gasteiger partial charge on any atom is -0.388 e. The quantitative estimate of drug-likeness (QED) is 0.732. The lowest BCUT2D eigenvalue weighted by molar-refractivity contribution is -0.130. The molecule has 0 aliphatic heterocycles. The number of nitrogens with one attached hydrogen (secondary N) is 1. The summed E-state index contributed by atoms with van der Waals surface area (Å²) >= 11 is 0. The number of rotatable bonds is 9. The maximum absolute atomic E-state index is 11.9. The van der Waals surface area contributed by atoms with Crippen molar-refractivity contribution in [3.05, 3.63) is 35.9 Å². The fourth-order valence-corrected chi connectivity index (χ4v) is 2.39. The molecule has 1 aromatic carbocycles. The molecule has 0 heterocycles. The standard InChI is InChI=1S/C18H28N2O3/c1-4-11-18(3,23)14-19-17(22)10-12-20(15(2)21)13-16-8-6-5-7-9-16/h5-9,23H,4,10-14H2,1-3H3,(H,19,22)/t18-/m0/s1. The summed E-state index contributed by atoms with van der Waals surface area (Å²) in [4.78, 5) is 25.3. The molecule has 0 aliphatic carbocycles. The molecule has 1 atom stereocenters. The lowest BCUT2D eigenvalue weighted by atomic mass is 10.0. The Balaban J connectivity index is 2.43. The summed E-state index contributed by atoms with van der Waals surface area (Å²) in [7, 11) is 0. The van der Waals surface area contributed by atoms with Crippen LogP contribution in [0, 0.1) is 0 Å². The van der Waals surface area contributed by atoms with E-state index >= 15 is 0 Å². The van der Waals surface area contributed by atoms with E-state index in [0.717, 1.165) is 12.0 Å². The molecule has 0 saturated carbocycles. The third kappa shape index (κ3) is 7.79. The predicted octanol–water partition coefficient (Wildman–Crippen LogP) is 2.09. The molecule has 1 rings (SSSR count). The average molecular weight is 320 g/mol. The molecule has 0 aliphatic rings. The molecule has 0 saturated heterocycles. The van der Waals surface area contributed by atoms with Crippen LogP contribution in [0.15, 0.2) is 30.3 Å². The van der Waals surface area contributed by atoms with E-state index in [4.69, 9.17) is 0 Å². The Morgan fingerprint density at radius 3 is 2.48 bits per heavy atom. The molecular formula is C18H28N2O3. The normalized spacial score (nSPS) is 13.2. The minimum absolute atomic E-state index is 0.0559. The van der Waals surface area contributed by atoms with Crippen molar-refractivity contribution in [2.24, 2.45) is 0 Å². The first-order valence-electron chi connectivity index (χ1n) is 8.12. The number of carbonyl (C=O) groups excluding carboxylic acids is 2. The number of hydrogen-bond donors (Lipinski definition) is 2. The first-order chi connectivity index (χ1) is 10.8. The van der Waals surface area contributed by atoms with Crippen molar-refractivity contribution in [1.29, 1.82) is 0 Å². The van der Waals surface area contributed by atoms with Gasteiger partial charge in [0.05, 0.1) is 5.60 Å². The van der Waals surface area contributed by atoms with Crippen molar-refractivity contribution in [2.45, 2.75) is 52.2 Å². The van der Waals surface area contributed by atoms with Crippen molar-refractivity contribution in [2.75, 3.05) is 13.1 Å². The van der Waals surface area contributed by atoms with Gasteiger partial charge in [-0.3, -0.25) is 9.59 Å². The third-order valence-corrected chi connectivity index (χ3v) is 3.73. The molecule has 5 heteroatoms. The summed E-state index contributed by atoms with van der Waals surface area (Å²) in [5.74, 6) is -0.208. The summed E-state index contributed by atoms with van der Waals surface area (Å²) < 4.78 is 0. The van der Waals surface area contributed by atoms with Crippen LogP contribution in [0.5, 0.6) is 0 Å². The number of nitrogens with zero attached hydrogens (tertiary/aromatic N) is 1. The lowest BCUT2D eigenvalue weighted by Gasteiger charge is -2.24. The van der Waals surface area contributed by atoms with E-state index in [1.54, 1.807) is 11.8 Å². The molecule has 128 valence electrons. The Hall–Kier alpha value is -1.88. The molecule has 0 aromatic heterocycles. The highest BCUT2D eigenvalue weighted by atomic mass is 16.3. The summed E-state index contributed by atoms with van der Waals surface area (Å²) in [6.07, 6.45) is 1.73. The van der Waals surface area contributed by atoms with Crippen LogP contribution >= 0.6 is 0 Å². The van der Waals surface area contributed by atoms with Gasteiger partial charge in [-0.2, -0.15) is 0 Å². The fraction of sp³-hybridized carbons (Fsp3) is 0.556. The molecule has 0 radical (unpaired) electrons. The van der Waals surface area contributed by atoms with Gasteiger partial charge in [-0.25, -0.2) is 0 Å². The first kappa shape index (κ1) is 19.2. The van der Waals surface area contributed by atoms with Crippen LogP contribution in [0.1, 0.15) is 45.6 Å². The van der Waals surface area contributed by atoms with Gasteiger partial charge in [0.15, 0.2) is 0 Å². The highest BCUT2D eigenvalue weighted by molar-refractivity contribution is 5.78. The molecule has 0 spiro atoms. The summed E-state index contributed by atoms with van der Waals surface area (Å²) in [6, 6.07) is 9.69. The van der Waals surface area contributed by atoms with Gasteiger partial charge in [-0.05, 0) is 18.9 Å². The molecule has 5 nitrogen and oxygen atoms in total. The van der Waals surface area contributed by atoms with Gasteiger partial charge in [0.25, 0.3) is 0 Å². The second-order valence-corrected chi connectivity index (χ2v) is 6.20. The van der Waals surface area contributed by atoms with Crippen LogP contribution in [0.3, 0.4) is 0 Å². The van der Waals surface area contributed by atoms with Crippen LogP contribution in [0.25, 0.3) is 0 Å². The predicted molar refractivity (Wildman–Crippen MR) is 90.7 cm³/mol. The largest absolute Gasteiger partial charge is 0.388 e. The molecule has 23 heavy (non-hydrogen) atoms. The average Bonchev–Trinajstić information content (AvgIpc) is 2.50. The van der Waals surface area contributed by atoms with E-state index in [2.05, 4.69) is 5.32 Å². The molecule has 2 N–H and O–H groups in total. The zero-order chi connectivity index (χ0) is 17.3. The number of amides is 2. The Morgan fingerprint density at radius 2 is 1.91 bits per heavy atom. The molecule has 1 aromatic rings. The highest BCUT2D eigenvalue weighted by Crippen LogP contribution is 2.10. The molecule has 0 bridgehead atoms. The number of hydrogen-bond acceptors (Lipinski definition) is 3. The van der Waals surface area contributed by atoms with Gasteiger partial charge in [0.1, 0.15) is 0 Å². The van der Waals surface area contributed by atoms with Gasteiger partial charge < -0.3 is 15.3 Å². The van der Waals surface area contributed by atoms with Crippen molar-refractivity contribution in [3.63, 3.8) is 0 Å². The minimum atomic E-state index is -0.880. The molecule has 0 fully saturated rings. The second-order valence-electron chi connectivity index (χ2n) is 6.20. The fourth-order valence-electron chi connectivity index (χ4n) is 2.39. The topological polar surface area (TPSA) is 69.6 Å². The summed E-state index contributed by atoms with van der Waals surface area (Å²) in [5, 5.41) is 12.8. The number of benzene rings is 1. The van der Waals surface area contributed by atoms with Gasteiger partial charge in [-0.15, -0.1) is 0 Å². The van der Waals surface area contributed by atoms with Crippen LogP contribution in [-0.4, -0.2) is 40.5 Å². The smallest absolute Gasteiger partial charge is 0.221 e. The van der Waals surface area contributed by atoms with Crippen molar-refractivity contribution < 1.29 is 14.7 Å². The van der Waals surface area contributed by atoms with Crippen molar-refractivity contribution in [3.8, 4) is 0 Å². The zero-order valence-corrected chi connectivity index (χ0v) is 14.3. The summed E-state index contributed by atoms with van der Waals surface area (Å²) in [6.45, 7) is 6.31. The van der Waals surface area contributed by atoms with E-state index in [-0.39, 0.29) is 24.8 Å².